The first-order valence-electron chi connectivity index (χ1n) is 5.77. The van der Waals surface area contributed by atoms with Gasteiger partial charge in [-0.2, -0.15) is 11.8 Å². The van der Waals surface area contributed by atoms with Gasteiger partial charge in [-0.3, -0.25) is 0 Å². The second-order valence-electron chi connectivity index (χ2n) is 4.72. The molecular formula is C13H16BrFOS. The second-order valence-corrected chi connectivity index (χ2v) is 7.20. The Morgan fingerprint density at radius 2 is 2.35 bits per heavy atom. The van der Waals surface area contributed by atoms with Crippen molar-refractivity contribution in [2.24, 2.45) is 0 Å². The summed E-state index contributed by atoms with van der Waals surface area (Å²) in [6.07, 6.45) is 2.42. The van der Waals surface area contributed by atoms with E-state index >= 15 is 0 Å². The summed E-state index contributed by atoms with van der Waals surface area (Å²) in [5.74, 6) is 0.870. The number of rotatable bonds is 3. The van der Waals surface area contributed by atoms with E-state index < -0.39 is 0 Å². The van der Waals surface area contributed by atoms with Crippen LogP contribution in [-0.2, 0) is 6.42 Å². The molecule has 1 saturated heterocycles. The van der Waals surface area contributed by atoms with Gasteiger partial charge in [-0.1, -0.05) is 22.0 Å². The van der Waals surface area contributed by atoms with Crippen LogP contribution in [0.2, 0.25) is 0 Å². The Bertz CT molecular complexity index is 404. The molecule has 1 aliphatic heterocycles. The molecule has 2 unspecified atom stereocenters. The van der Waals surface area contributed by atoms with Crippen molar-refractivity contribution in [2.45, 2.75) is 37.0 Å². The van der Waals surface area contributed by atoms with E-state index in [-0.39, 0.29) is 16.7 Å². The van der Waals surface area contributed by atoms with Crippen molar-refractivity contribution in [3.8, 4) is 0 Å². The quantitative estimate of drug-likeness (QED) is 0.915. The summed E-state index contributed by atoms with van der Waals surface area (Å²) < 4.78 is 13.7. The molecule has 94 valence electrons. The van der Waals surface area contributed by atoms with E-state index in [0.717, 1.165) is 22.2 Å². The third-order valence-corrected chi connectivity index (χ3v) is 5.75. The van der Waals surface area contributed by atoms with Gasteiger partial charge in [-0.05, 0) is 43.2 Å². The lowest BCUT2D eigenvalue weighted by molar-refractivity contribution is 0.133. The molecule has 0 saturated carbocycles. The van der Waals surface area contributed by atoms with Crippen LogP contribution in [0.25, 0.3) is 0 Å². The molecule has 4 heteroatoms. The van der Waals surface area contributed by atoms with E-state index in [2.05, 4.69) is 22.9 Å². The van der Waals surface area contributed by atoms with Gasteiger partial charge in [-0.15, -0.1) is 0 Å². The van der Waals surface area contributed by atoms with Gasteiger partial charge < -0.3 is 5.11 Å². The summed E-state index contributed by atoms with van der Waals surface area (Å²) >= 11 is 5.19. The number of halogens is 2. The van der Waals surface area contributed by atoms with Gasteiger partial charge in [0.25, 0.3) is 0 Å². The molecule has 0 radical (unpaired) electrons. The van der Waals surface area contributed by atoms with Crippen LogP contribution in [0, 0.1) is 5.82 Å². The summed E-state index contributed by atoms with van der Waals surface area (Å²) in [6.45, 7) is 2.12. The van der Waals surface area contributed by atoms with E-state index in [1.807, 2.05) is 11.8 Å². The maximum absolute atomic E-state index is 13.0. The third-order valence-electron chi connectivity index (χ3n) is 3.38. The van der Waals surface area contributed by atoms with Crippen LogP contribution >= 0.6 is 27.7 Å². The SMILES string of the molecule is CC1(C(O)Cc2ccc(F)cc2Br)CCCS1. The normalized spacial score (nSPS) is 26.1. The lowest BCUT2D eigenvalue weighted by Gasteiger charge is -2.29. The fourth-order valence-electron chi connectivity index (χ4n) is 2.17. The Balaban J connectivity index is 2.10. The Morgan fingerprint density at radius 1 is 1.59 bits per heavy atom. The molecule has 1 fully saturated rings. The van der Waals surface area contributed by atoms with E-state index in [4.69, 9.17) is 0 Å². The van der Waals surface area contributed by atoms with Crippen LogP contribution in [0.3, 0.4) is 0 Å². The molecule has 2 rings (SSSR count). The van der Waals surface area contributed by atoms with E-state index in [1.54, 1.807) is 6.07 Å². The predicted octanol–water partition coefficient (Wildman–Crippen LogP) is 3.78. The number of hydrogen-bond acceptors (Lipinski definition) is 2. The number of hydrogen-bond donors (Lipinski definition) is 1. The fourth-order valence-corrected chi connectivity index (χ4v) is 4.01. The molecule has 0 spiro atoms. The van der Waals surface area contributed by atoms with E-state index in [1.165, 1.54) is 18.6 Å². The molecule has 1 aromatic carbocycles. The summed E-state index contributed by atoms with van der Waals surface area (Å²) in [5.41, 5.74) is 0.965. The molecule has 1 N–H and O–H groups in total. The lowest BCUT2D eigenvalue weighted by atomic mass is 9.93. The van der Waals surface area contributed by atoms with E-state index in [0.29, 0.717) is 6.42 Å². The summed E-state index contributed by atoms with van der Waals surface area (Å²) in [5, 5.41) is 10.3. The molecule has 1 heterocycles. The highest BCUT2D eigenvalue weighted by Gasteiger charge is 2.36. The van der Waals surface area contributed by atoms with Crippen molar-refractivity contribution in [2.75, 3.05) is 5.75 Å². The van der Waals surface area contributed by atoms with E-state index in [9.17, 15) is 9.50 Å². The molecule has 1 aromatic rings. The molecule has 2 atom stereocenters. The molecular weight excluding hydrogens is 303 g/mol. The third kappa shape index (κ3) is 3.04. The zero-order valence-corrected chi connectivity index (χ0v) is 12.2. The minimum atomic E-state index is -0.378. The van der Waals surface area contributed by atoms with Crippen molar-refractivity contribution in [3.05, 3.63) is 34.1 Å². The molecule has 0 bridgehead atoms. The molecule has 0 aromatic heterocycles. The minimum Gasteiger partial charge on any atom is -0.391 e. The first-order chi connectivity index (χ1) is 8.01. The standard InChI is InChI=1S/C13H16BrFOS/c1-13(5-2-6-17-13)12(16)7-9-3-4-10(15)8-11(9)14/h3-4,8,12,16H,2,5-7H2,1H3. The molecule has 1 aliphatic rings. The summed E-state index contributed by atoms with van der Waals surface area (Å²) in [4.78, 5) is 0. The first kappa shape index (κ1) is 13.4. The van der Waals surface area contributed by atoms with Crippen molar-refractivity contribution in [1.82, 2.24) is 0 Å². The Hall–Kier alpha value is -0.0600. The van der Waals surface area contributed by atoms with Crippen LogP contribution in [0.5, 0.6) is 0 Å². The van der Waals surface area contributed by atoms with Crippen LogP contribution < -0.4 is 0 Å². The van der Waals surface area contributed by atoms with Crippen LogP contribution in [0.1, 0.15) is 25.3 Å². The molecule has 1 nitrogen and oxygen atoms in total. The Labute approximate surface area is 114 Å². The van der Waals surface area contributed by atoms with Gasteiger partial charge in [0.2, 0.25) is 0 Å². The number of thioether (sulfide) groups is 1. The van der Waals surface area contributed by atoms with Crippen molar-refractivity contribution in [1.29, 1.82) is 0 Å². The molecule has 0 aliphatic carbocycles. The second kappa shape index (κ2) is 5.29. The van der Waals surface area contributed by atoms with Gasteiger partial charge >= 0.3 is 0 Å². The molecule has 17 heavy (non-hydrogen) atoms. The van der Waals surface area contributed by atoms with Gasteiger partial charge in [0.05, 0.1) is 6.10 Å². The average Bonchev–Trinajstić information content (AvgIpc) is 2.71. The highest BCUT2D eigenvalue weighted by molar-refractivity contribution is 9.10. The largest absolute Gasteiger partial charge is 0.391 e. The van der Waals surface area contributed by atoms with Gasteiger partial charge in [0, 0.05) is 15.6 Å². The summed E-state index contributed by atoms with van der Waals surface area (Å²) in [7, 11) is 0. The predicted molar refractivity (Wildman–Crippen MR) is 73.9 cm³/mol. The average molecular weight is 319 g/mol. The monoisotopic (exact) mass is 318 g/mol. The number of aliphatic hydroxyl groups is 1. The maximum Gasteiger partial charge on any atom is 0.124 e. The van der Waals surface area contributed by atoms with Crippen LogP contribution in [0.4, 0.5) is 4.39 Å². The summed E-state index contributed by atoms with van der Waals surface area (Å²) in [6, 6.07) is 4.63. The zero-order valence-electron chi connectivity index (χ0n) is 9.75. The number of aliphatic hydroxyl groups excluding tert-OH is 1. The minimum absolute atomic E-state index is 0.0478. The lowest BCUT2D eigenvalue weighted by Crippen LogP contribution is -2.35. The van der Waals surface area contributed by atoms with Gasteiger partial charge in [-0.25, -0.2) is 4.39 Å². The van der Waals surface area contributed by atoms with Gasteiger partial charge in [0.1, 0.15) is 5.82 Å². The molecule has 0 amide bonds. The van der Waals surface area contributed by atoms with Gasteiger partial charge in [0.15, 0.2) is 0 Å². The topological polar surface area (TPSA) is 20.2 Å². The highest BCUT2D eigenvalue weighted by atomic mass is 79.9. The number of benzene rings is 1. The van der Waals surface area contributed by atoms with Crippen LogP contribution in [-0.4, -0.2) is 21.7 Å². The van der Waals surface area contributed by atoms with Crippen molar-refractivity contribution in [3.63, 3.8) is 0 Å². The van der Waals surface area contributed by atoms with Crippen molar-refractivity contribution < 1.29 is 9.50 Å². The maximum atomic E-state index is 13.0. The first-order valence-corrected chi connectivity index (χ1v) is 7.55. The smallest absolute Gasteiger partial charge is 0.124 e. The Kier molecular flexibility index (Phi) is 4.16. The van der Waals surface area contributed by atoms with Crippen molar-refractivity contribution >= 4 is 27.7 Å². The zero-order chi connectivity index (χ0) is 12.5. The van der Waals surface area contributed by atoms with Crippen LogP contribution in [0.15, 0.2) is 22.7 Å². The highest BCUT2D eigenvalue weighted by Crippen LogP contribution is 2.41. The fraction of sp³-hybridized carbons (Fsp3) is 0.538. The Morgan fingerprint density at radius 3 is 2.94 bits per heavy atom.